The Kier molecular flexibility index (Phi) is 2.59. The number of hydrogen-bond acceptors (Lipinski definition) is 4. The zero-order chi connectivity index (χ0) is 12.5. The van der Waals surface area contributed by atoms with Crippen LogP contribution in [0.15, 0.2) is 23.3 Å². The van der Waals surface area contributed by atoms with E-state index in [-0.39, 0.29) is 5.56 Å². The molecule has 5 heteroatoms. The van der Waals surface area contributed by atoms with Crippen LogP contribution >= 0.6 is 0 Å². The molecule has 0 fully saturated rings. The third-order valence-corrected chi connectivity index (χ3v) is 3.21. The van der Waals surface area contributed by atoms with Gasteiger partial charge in [-0.2, -0.15) is 0 Å². The minimum Gasteiger partial charge on any atom is -0.370 e. The second-order valence-electron chi connectivity index (χ2n) is 4.46. The predicted molar refractivity (Wildman–Crippen MR) is 69.6 cm³/mol. The summed E-state index contributed by atoms with van der Waals surface area (Å²) in [5.41, 5.74) is 2.62. The highest BCUT2D eigenvalue weighted by Gasteiger charge is 2.16. The van der Waals surface area contributed by atoms with Crippen LogP contribution in [-0.4, -0.2) is 21.5 Å². The Morgan fingerprint density at radius 3 is 3.11 bits per heavy atom. The molecular weight excluding hydrogens is 228 g/mol. The molecule has 2 aromatic heterocycles. The van der Waals surface area contributed by atoms with E-state index < -0.39 is 0 Å². The molecule has 18 heavy (non-hydrogen) atoms. The summed E-state index contributed by atoms with van der Waals surface area (Å²) in [6, 6.07) is 1.90. The van der Waals surface area contributed by atoms with Crippen molar-refractivity contribution in [3.8, 4) is 11.4 Å². The van der Waals surface area contributed by atoms with E-state index in [1.165, 1.54) is 0 Å². The van der Waals surface area contributed by atoms with Gasteiger partial charge in [0.05, 0.1) is 5.56 Å². The number of nitrogens with one attached hydrogen (secondary N) is 2. The number of aryl methyl sites for hydroxylation is 1. The number of H-pyrrole nitrogens is 1. The van der Waals surface area contributed by atoms with Crippen LogP contribution in [0.25, 0.3) is 11.4 Å². The van der Waals surface area contributed by atoms with Crippen LogP contribution in [0.1, 0.15) is 17.5 Å². The SMILES string of the molecule is Cc1ccncc1-c1nc2c(c(=O)[nH]1)CCCN2. The van der Waals surface area contributed by atoms with Gasteiger partial charge in [-0.15, -0.1) is 0 Å². The summed E-state index contributed by atoms with van der Waals surface area (Å²) in [7, 11) is 0. The predicted octanol–water partition coefficient (Wildman–Crippen LogP) is 1.50. The molecule has 5 nitrogen and oxygen atoms in total. The lowest BCUT2D eigenvalue weighted by molar-refractivity contribution is 0.799. The maximum atomic E-state index is 12.0. The van der Waals surface area contributed by atoms with Gasteiger partial charge < -0.3 is 10.3 Å². The average Bonchev–Trinajstić information content (AvgIpc) is 2.39. The summed E-state index contributed by atoms with van der Waals surface area (Å²) in [6.45, 7) is 2.85. The molecule has 0 saturated heterocycles. The molecule has 3 heterocycles. The van der Waals surface area contributed by atoms with Gasteiger partial charge in [0.1, 0.15) is 11.6 Å². The summed E-state index contributed by atoms with van der Waals surface area (Å²) in [5.74, 6) is 1.29. The molecule has 3 rings (SSSR count). The Hall–Kier alpha value is -2.17. The second kappa shape index (κ2) is 4.25. The van der Waals surface area contributed by atoms with Crippen molar-refractivity contribution in [2.75, 3.05) is 11.9 Å². The van der Waals surface area contributed by atoms with Gasteiger partial charge in [0.15, 0.2) is 0 Å². The maximum absolute atomic E-state index is 12.0. The lowest BCUT2D eigenvalue weighted by Gasteiger charge is -2.16. The fraction of sp³-hybridized carbons (Fsp3) is 0.308. The maximum Gasteiger partial charge on any atom is 0.256 e. The smallest absolute Gasteiger partial charge is 0.256 e. The Morgan fingerprint density at radius 1 is 1.39 bits per heavy atom. The van der Waals surface area contributed by atoms with E-state index in [0.29, 0.717) is 11.6 Å². The van der Waals surface area contributed by atoms with Gasteiger partial charge in [-0.05, 0) is 31.4 Å². The summed E-state index contributed by atoms with van der Waals surface area (Å²) < 4.78 is 0. The standard InChI is InChI=1S/C13H14N4O/c1-8-4-6-14-7-10(8)12-16-11-9(13(18)17-12)3-2-5-15-11/h4,6-7H,2-3,5H2,1H3,(H2,15,16,17,18). The van der Waals surface area contributed by atoms with E-state index in [2.05, 4.69) is 20.3 Å². The third-order valence-electron chi connectivity index (χ3n) is 3.21. The molecule has 1 aliphatic rings. The lowest BCUT2D eigenvalue weighted by Crippen LogP contribution is -2.24. The molecule has 0 unspecified atom stereocenters. The highest BCUT2D eigenvalue weighted by Crippen LogP contribution is 2.21. The van der Waals surface area contributed by atoms with E-state index in [9.17, 15) is 4.79 Å². The van der Waals surface area contributed by atoms with Gasteiger partial charge in [0, 0.05) is 24.5 Å². The van der Waals surface area contributed by atoms with Gasteiger partial charge in [-0.3, -0.25) is 9.78 Å². The molecule has 0 amide bonds. The molecule has 0 aromatic carbocycles. The van der Waals surface area contributed by atoms with Gasteiger partial charge in [0.25, 0.3) is 5.56 Å². The first-order valence-electron chi connectivity index (χ1n) is 6.04. The first-order valence-corrected chi connectivity index (χ1v) is 6.04. The fourth-order valence-electron chi connectivity index (χ4n) is 2.19. The molecule has 0 bridgehead atoms. The number of nitrogens with zero attached hydrogens (tertiary/aromatic N) is 2. The molecule has 0 spiro atoms. The van der Waals surface area contributed by atoms with E-state index in [1.807, 2.05) is 13.0 Å². The normalized spacial score (nSPS) is 13.8. The van der Waals surface area contributed by atoms with Crippen molar-refractivity contribution < 1.29 is 0 Å². The Labute approximate surface area is 104 Å². The summed E-state index contributed by atoms with van der Waals surface area (Å²) in [6.07, 6.45) is 5.22. The molecule has 92 valence electrons. The number of aromatic amines is 1. The van der Waals surface area contributed by atoms with Crippen LogP contribution < -0.4 is 10.9 Å². The highest BCUT2D eigenvalue weighted by molar-refractivity contribution is 5.61. The molecule has 0 atom stereocenters. The van der Waals surface area contributed by atoms with Crippen molar-refractivity contribution in [3.63, 3.8) is 0 Å². The fourth-order valence-corrected chi connectivity index (χ4v) is 2.19. The average molecular weight is 242 g/mol. The largest absolute Gasteiger partial charge is 0.370 e. The molecule has 0 radical (unpaired) electrons. The molecule has 1 aliphatic heterocycles. The minimum atomic E-state index is -0.0505. The number of anilines is 1. The lowest BCUT2D eigenvalue weighted by atomic mass is 10.1. The molecule has 2 N–H and O–H groups in total. The highest BCUT2D eigenvalue weighted by atomic mass is 16.1. The topological polar surface area (TPSA) is 70.7 Å². The summed E-state index contributed by atoms with van der Waals surface area (Å²) in [5, 5.41) is 3.18. The number of aromatic nitrogens is 3. The second-order valence-corrected chi connectivity index (χ2v) is 4.46. The summed E-state index contributed by atoms with van der Waals surface area (Å²) >= 11 is 0. The first kappa shape index (κ1) is 11.0. The van der Waals surface area contributed by atoms with Gasteiger partial charge >= 0.3 is 0 Å². The summed E-state index contributed by atoms with van der Waals surface area (Å²) in [4.78, 5) is 23.4. The zero-order valence-corrected chi connectivity index (χ0v) is 10.2. The van der Waals surface area contributed by atoms with Crippen molar-refractivity contribution in [1.29, 1.82) is 0 Å². The quantitative estimate of drug-likeness (QED) is 0.795. The van der Waals surface area contributed by atoms with Crippen molar-refractivity contribution in [2.24, 2.45) is 0 Å². The van der Waals surface area contributed by atoms with Gasteiger partial charge in [-0.1, -0.05) is 0 Å². The monoisotopic (exact) mass is 242 g/mol. The van der Waals surface area contributed by atoms with Crippen LogP contribution in [0.3, 0.4) is 0 Å². The first-order chi connectivity index (χ1) is 8.75. The van der Waals surface area contributed by atoms with Crippen molar-refractivity contribution in [2.45, 2.75) is 19.8 Å². The third kappa shape index (κ3) is 1.77. The number of hydrogen-bond donors (Lipinski definition) is 2. The number of pyridine rings is 1. The van der Waals surface area contributed by atoms with Crippen molar-refractivity contribution in [3.05, 3.63) is 39.9 Å². The van der Waals surface area contributed by atoms with E-state index in [0.717, 1.165) is 36.1 Å². The number of rotatable bonds is 1. The van der Waals surface area contributed by atoms with Crippen LogP contribution in [-0.2, 0) is 6.42 Å². The van der Waals surface area contributed by atoms with Crippen LogP contribution in [0, 0.1) is 6.92 Å². The van der Waals surface area contributed by atoms with E-state index in [4.69, 9.17) is 0 Å². The van der Waals surface area contributed by atoms with E-state index in [1.54, 1.807) is 12.4 Å². The van der Waals surface area contributed by atoms with Gasteiger partial charge in [-0.25, -0.2) is 4.98 Å². The van der Waals surface area contributed by atoms with Crippen molar-refractivity contribution >= 4 is 5.82 Å². The zero-order valence-electron chi connectivity index (χ0n) is 10.2. The molecular formula is C13H14N4O. The Morgan fingerprint density at radius 2 is 2.28 bits per heavy atom. The Bertz CT molecular complexity index is 648. The molecule has 0 aliphatic carbocycles. The van der Waals surface area contributed by atoms with Crippen LogP contribution in [0.5, 0.6) is 0 Å². The minimum absolute atomic E-state index is 0.0505. The van der Waals surface area contributed by atoms with Crippen LogP contribution in [0.2, 0.25) is 0 Å². The molecule has 0 saturated carbocycles. The van der Waals surface area contributed by atoms with E-state index >= 15 is 0 Å². The molecule has 2 aromatic rings. The van der Waals surface area contributed by atoms with Gasteiger partial charge in [0.2, 0.25) is 0 Å². The van der Waals surface area contributed by atoms with Crippen molar-refractivity contribution in [1.82, 2.24) is 15.0 Å². The van der Waals surface area contributed by atoms with Crippen LogP contribution in [0.4, 0.5) is 5.82 Å². The number of fused-ring (bicyclic) bond motifs is 1. The Balaban J connectivity index is 2.17.